The van der Waals surface area contributed by atoms with Crippen LogP contribution in [0.15, 0.2) is 46.4 Å². The topological polar surface area (TPSA) is 37.7 Å². The molecule has 0 spiro atoms. The van der Waals surface area contributed by atoms with Gasteiger partial charge in [-0.3, -0.25) is 0 Å². The van der Waals surface area contributed by atoms with Crippen molar-refractivity contribution < 1.29 is 0 Å². The summed E-state index contributed by atoms with van der Waals surface area (Å²) in [6, 6.07) is 12.4. The Bertz CT molecular complexity index is 798. The van der Waals surface area contributed by atoms with E-state index in [-0.39, 0.29) is 0 Å². The number of guanidine groups is 2. The monoisotopic (exact) mass is 354 g/mol. The molecule has 2 aromatic rings. The van der Waals surface area contributed by atoms with Crippen molar-refractivity contribution in [1.82, 2.24) is 19.6 Å². The summed E-state index contributed by atoms with van der Waals surface area (Å²) in [6.07, 6.45) is 0. The minimum atomic E-state index is 0.904. The zero-order valence-corrected chi connectivity index (χ0v) is 17.1. The molecule has 0 aliphatic heterocycles. The van der Waals surface area contributed by atoms with Crippen LogP contribution in [0.1, 0.15) is 0 Å². The summed E-state index contributed by atoms with van der Waals surface area (Å²) in [5.41, 5.74) is 1.88. The lowest BCUT2D eigenvalue weighted by Gasteiger charge is -2.23. The number of benzene rings is 2. The molecule has 0 saturated carbocycles. The number of nitrogens with zero attached hydrogens (tertiary/aromatic N) is 6. The van der Waals surface area contributed by atoms with Gasteiger partial charge < -0.3 is 19.6 Å². The van der Waals surface area contributed by atoms with Crippen LogP contribution in [0.3, 0.4) is 0 Å². The second kappa shape index (κ2) is 8.08. The molecule has 6 nitrogen and oxygen atoms in total. The maximum absolute atomic E-state index is 4.85. The highest BCUT2D eigenvalue weighted by molar-refractivity contribution is 5.97. The Hall–Kier alpha value is -2.76. The summed E-state index contributed by atoms with van der Waals surface area (Å²) < 4.78 is 0. The quantitative estimate of drug-likeness (QED) is 0.614. The van der Waals surface area contributed by atoms with Crippen molar-refractivity contribution in [3.05, 3.63) is 36.4 Å². The zero-order chi connectivity index (χ0) is 19.4. The van der Waals surface area contributed by atoms with Crippen LogP contribution in [0.5, 0.6) is 0 Å². The van der Waals surface area contributed by atoms with Gasteiger partial charge in [-0.15, -0.1) is 0 Å². The number of hydrogen-bond acceptors (Lipinski definition) is 2. The van der Waals surface area contributed by atoms with E-state index in [4.69, 9.17) is 9.98 Å². The summed E-state index contributed by atoms with van der Waals surface area (Å²) in [5.74, 6) is 1.81. The molecule has 0 amide bonds. The van der Waals surface area contributed by atoms with Gasteiger partial charge in [-0.1, -0.05) is 18.2 Å². The number of fused-ring (bicyclic) bond motifs is 1. The minimum absolute atomic E-state index is 0.904. The van der Waals surface area contributed by atoms with Crippen molar-refractivity contribution in [2.45, 2.75) is 0 Å². The molecule has 2 rings (SSSR count). The minimum Gasteiger partial charge on any atom is -0.349 e. The number of hydrogen-bond donors (Lipinski definition) is 0. The Labute approximate surface area is 157 Å². The van der Waals surface area contributed by atoms with Gasteiger partial charge in [-0.05, 0) is 23.6 Å². The highest BCUT2D eigenvalue weighted by Gasteiger charge is 2.09. The third kappa shape index (κ3) is 4.45. The van der Waals surface area contributed by atoms with Gasteiger partial charge >= 0.3 is 0 Å². The Kier molecular flexibility index (Phi) is 6.08. The largest absolute Gasteiger partial charge is 0.349 e. The summed E-state index contributed by atoms with van der Waals surface area (Å²) in [7, 11) is 16.0. The highest BCUT2D eigenvalue weighted by Crippen LogP contribution is 2.29. The van der Waals surface area contributed by atoms with Gasteiger partial charge in [0.15, 0.2) is 0 Å². The molecule has 0 heterocycles. The molecule has 140 valence electrons. The Morgan fingerprint density at radius 1 is 0.654 bits per heavy atom. The lowest BCUT2D eigenvalue weighted by atomic mass is 10.1. The summed E-state index contributed by atoms with van der Waals surface area (Å²) >= 11 is 0. The fourth-order valence-corrected chi connectivity index (χ4v) is 2.84. The molecule has 0 aliphatic rings. The standard InChI is InChI=1S/C20H30N6/c1-23(2)19(24(3)4)21-16-12-13-17-15(14-16)10-9-11-18(17)22-20(25(5)6)26(7)8/h9-14H,1-8H3. The zero-order valence-electron chi connectivity index (χ0n) is 17.1. The van der Waals surface area contributed by atoms with Gasteiger partial charge in [0.1, 0.15) is 0 Å². The van der Waals surface area contributed by atoms with Crippen LogP contribution in [0.4, 0.5) is 11.4 Å². The lowest BCUT2D eigenvalue weighted by Crippen LogP contribution is -2.35. The highest BCUT2D eigenvalue weighted by atomic mass is 15.3. The number of aliphatic imine (C=N–C) groups is 2. The van der Waals surface area contributed by atoms with Gasteiger partial charge in [0.2, 0.25) is 11.9 Å². The molecule has 26 heavy (non-hydrogen) atoms. The van der Waals surface area contributed by atoms with Gasteiger partial charge in [0.25, 0.3) is 0 Å². The van der Waals surface area contributed by atoms with Gasteiger partial charge in [-0.2, -0.15) is 0 Å². The van der Waals surface area contributed by atoms with Crippen LogP contribution in [-0.4, -0.2) is 87.9 Å². The van der Waals surface area contributed by atoms with E-state index in [1.54, 1.807) is 0 Å². The van der Waals surface area contributed by atoms with E-state index in [1.807, 2.05) is 94.2 Å². The molecule has 0 atom stereocenters. The first kappa shape index (κ1) is 19.6. The molecule has 0 aliphatic carbocycles. The van der Waals surface area contributed by atoms with E-state index < -0.39 is 0 Å². The fraction of sp³-hybridized carbons (Fsp3) is 0.400. The maximum atomic E-state index is 4.85. The Morgan fingerprint density at radius 3 is 1.73 bits per heavy atom. The van der Waals surface area contributed by atoms with Crippen molar-refractivity contribution >= 4 is 34.1 Å². The van der Waals surface area contributed by atoms with E-state index in [2.05, 4.69) is 18.2 Å². The molecule has 6 heteroatoms. The smallest absolute Gasteiger partial charge is 0.200 e. The summed E-state index contributed by atoms with van der Waals surface area (Å²) in [5, 5.41) is 2.24. The Balaban J connectivity index is 2.54. The first-order valence-electron chi connectivity index (χ1n) is 8.60. The first-order valence-corrected chi connectivity index (χ1v) is 8.60. The number of rotatable bonds is 2. The molecule has 0 N–H and O–H groups in total. The summed E-state index contributed by atoms with van der Waals surface area (Å²) in [6.45, 7) is 0. The van der Waals surface area contributed by atoms with Crippen molar-refractivity contribution in [2.24, 2.45) is 9.98 Å². The van der Waals surface area contributed by atoms with Gasteiger partial charge in [-0.25, -0.2) is 9.98 Å². The van der Waals surface area contributed by atoms with Crippen molar-refractivity contribution in [2.75, 3.05) is 56.4 Å². The van der Waals surface area contributed by atoms with Crippen LogP contribution in [0.25, 0.3) is 10.8 Å². The van der Waals surface area contributed by atoms with Crippen molar-refractivity contribution in [3.8, 4) is 0 Å². The maximum Gasteiger partial charge on any atom is 0.200 e. The van der Waals surface area contributed by atoms with Crippen molar-refractivity contribution in [3.63, 3.8) is 0 Å². The van der Waals surface area contributed by atoms with Gasteiger partial charge in [0, 0.05) is 61.8 Å². The van der Waals surface area contributed by atoms with Crippen molar-refractivity contribution in [1.29, 1.82) is 0 Å². The van der Waals surface area contributed by atoms with Crippen LogP contribution in [0, 0.1) is 0 Å². The van der Waals surface area contributed by atoms with Crippen LogP contribution in [0.2, 0.25) is 0 Å². The lowest BCUT2D eigenvalue weighted by molar-refractivity contribution is 0.484. The molecule has 2 aromatic carbocycles. The predicted octanol–water partition coefficient (Wildman–Crippen LogP) is 3.06. The SMILES string of the molecule is CN(C)C(=Nc1ccc2c(N=C(N(C)C)N(C)C)cccc2c1)N(C)C. The normalized spacial score (nSPS) is 10.3. The second-order valence-electron chi connectivity index (χ2n) is 7.08. The van der Waals surface area contributed by atoms with E-state index in [0.717, 1.165) is 34.1 Å². The van der Waals surface area contributed by atoms with Crippen LogP contribution in [-0.2, 0) is 0 Å². The van der Waals surface area contributed by atoms with E-state index >= 15 is 0 Å². The average Bonchev–Trinajstić information content (AvgIpc) is 2.56. The molecule has 0 saturated heterocycles. The molecule has 0 fully saturated rings. The van der Waals surface area contributed by atoms with E-state index in [0.29, 0.717) is 0 Å². The second-order valence-corrected chi connectivity index (χ2v) is 7.08. The van der Waals surface area contributed by atoms with E-state index in [9.17, 15) is 0 Å². The molecular weight excluding hydrogens is 324 g/mol. The van der Waals surface area contributed by atoms with E-state index in [1.165, 1.54) is 0 Å². The molecule has 0 radical (unpaired) electrons. The van der Waals surface area contributed by atoms with Crippen LogP contribution >= 0.6 is 0 Å². The fourth-order valence-electron chi connectivity index (χ4n) is 2.84. The molecule has 0 bridgehead atoms. The summed E-state index contributed by atoms with van der Waals surface area (Å²) in [4.78, 5) is 17.7. The molecule has 0 unspecified atom stereocenters. The third-order valence-corrected chi connectivity index (χ3v) is 3.89. The molecule has 0 aromatic heterocycles. The first-order chi connectivity index (χ1) is 12.2. The Morgan fingerprint density at radius 2 is 1.19 bits per heavy atom. The molecular formula is C20H30N6. The van der Waals surface area contributed by atoms with Crippen LogP contribution < -0.4 is 0 Å². The van der Waals surface area contributed by atoms with Gasteiger partial charge in [0.05, 0.1) is 11.4 Å². The third-order valence-electron chi connectivity index (χ3n) is 3.89. The average molecular weight is 355 g/mol. The predicted molar refractivity (Wildman–Crippen MR) is 113 cm³/mol.